The van der Waals surface area contributed by atoms with Crippen LogP contribution < -0.4 is 4.74 Å². The van der Waals surface area contributed by atoms with E-state index in [9.17, 15) is 4.39 Å². The summed E-state index contributed by atoms with van der Waals surface area (Å²) in [4.78, 5) is 0. The van der Waals surface area contributed by atoms with Gasteiger partial charge in [0.15, 0.2) is 11.6 Å². The SMILES string of the molecule is COc1cc2c(cc1F)C1CCC3(C)C(C)CCC3C1CC2. The van der Waals surface area contributed by atoms with Crippen molar-refractivity contribution in [2.75, 3.05) is 7.11 Å². The number of halogens is 1. The molecule has 1 nitrogen and oxygen atoms in total. The lowest BCUT2D eigenvalue weighted by atomic mass is 9.54. The molecule has 5 unspecified atom stereocenters. The summed E-state index contributed by atoms with van der Waals surface area (Å²) in [6.45, 7) is 4.97. The molecule has 0 aromatic heterocycles. The molecule has 0 saturated heterocycles. The first kappa shape index (κ1) is 14.5. The maximum Gasteiger partial charge on any atom is 0.165 e. The minimum absolute atomic E-state index is 0.185. The number of ether oxygens (including phenoxy) is 1. The van der Waals surface area contributed by atoms with E-state index in [0.29, 0.717) is 17.1 Å². The molecule has 120 valence electrons. The Kier molecular flexibility index (Phi) is 3.29. The van der Waals surface area contributed by atoms with Crippen molar-refractivity contribution in [3.63, 3.8) is 0 Å². The summed E-state index contributed by atoms with van der Waals surface area (Å²) in [6, 6.07) is 3.73. The maximum atomic E-state index is 14.2. The normalized spacial score (nSPS) is 39.8. The van der Waals surface area contributed by atoms with Crippen LogP contribution in [0.25, 0.3) is 0 Å². The van der Waals surface area contributed by atoms with Crippen molar-refractivity contribution in [2.45, 2.75) is 58.3 Å². The Morgan fingerprint density at radius 2 is 2.00 bits per heavy atom. The number of hydrogen-bond acceptors (Lipinski definition) is 1. The molecular weight excluding hydrogens is 275 g/mol. The van der Waals surface area contributed by atoms with Gasteiger partial charge in [-0.3, -0.25) is 0 Å². The first-order valence-corrected chi connectivity index (χ1v) is 8.91. The molecule has 3 aliphatic carbocycles. The van der Waals surface area contributed by atoms with Gasteiger partial charge in [-0.1, -0.05) is 13.8 Å². The largest absolute Gasteiger partial charge is 0.494 e. The molecule has 4 rings (SSSR count). The van der Waals surface area contributed by atoms with Crippen molar-refractivity contribution in [1.82, 2.24) is 0 Å². The Labute approximate surface area is 133 Å². The first-order valence-electron chi connectivity index (χ1n) is 8.91. The van der Waals surface area contributed by atoms with Crippen LogP contribution in [0.1, 0.15) is 63.0 Å². The highest BCUT2D eigenvalue weighted by Crippen LogP contribution is 2.62. The van der Waals surface area contributed by atoms with E-state index in [-0.39, 0.29) is 5.82 Å². The minimum atomic E-state index is -0.185. The van der Waals surface area contributed by atoms with Gasteiger partial charge in [0.25, 0.3) is 0 Å². The highest BCUT2D eigenvalue weighted by atomic mass is 19.1. The average Bonchev–Trinajstić information content (AvgIpc) is 2.82. The van der Waals surface area contributed by atoms with Crippen LogP contribution in [0, 0.1) is 29.0 Å². The Hall–Kier alpha value is -1.05. The number of benzene rings is 1. The van der Waals surface area contributed by atoms with Crippen molar-refractivity contribution >= 4 is 0 Å². The molecule has 0 bridgehead atoms. The third-order valence-corrected chi connectivity index (χ3v) is 7.47. The summed E-state index contributed by atoms with van der Waals surface area (Å²) in [5, 5.41) is 0. The highest BCUT2D eigenvalue weighted by molar-refractivity contribution is 5.41. The summed E-state index contributed by atoms with van der Waals surface area (Å²) in [7, 11) is 1.56. The Morgan fingerprint density at radius 1 is 1.18 bits per heavy atom. The zero-order chi connectivity index (χ0) is 15.5. The van der Waals surface area contributed by atoms with E-state index in [1.54, 1.807) is 13.2 Å². The predicted molar refractivity (Wildman–Crippen MR) is 86.7 cm³/mol. The smallest absolute Gasteiger partial charge is 0.165 e. The van der Waals surface area contributed by atoms with Crippen LogP contribution >= 0.6 is 0 Å². The summed E-state index contributed by atoms with van der Waals surface area (Å²) >= 11 is 0. The molecule has 0 spiro atoms. The van der Waals surface area contributed by atoms with E-state index in [2.05, 4.69) is 13.8 Å². The molecule has 0 heterocycles. The Bertz CT molecular complexity index is 596. The van der Waals surface area contributed by atoms with E-state index in [1.807, 2.05) is 6.07 Å². The molecule has 1 aromatic carbocycles. The van der Waals surface area contributed by atoms with Crippen LogP contribution in [-0.2, 0) is 6.42 Å². The van der Waals surface area contributed by atoms with Crippen LogP contribution in [0.3, 0.4) is 0 Å². The van der Waals surface area contributed by atoms with E-state index in [1.165, 1.54) is 43.2 Å². The Morgan fingerprint density at radius 3 is 2.77 bits per heavy atom. The number of fused-ring (bicyclic) bond motifs is 5. The van der Waals surface area contributed by atoms with Gasteiger partial charge >= 0.3 is 0 Å². The second kappa shape index (κ2) is 4.97. The number of aryl methyl sites for hydroxylation is 1. The molecule has 0 amide bonds. The minimum Gasteiger partial charge on any atom is -0.494 e. The third kappa shape index (κ3) is 1.88. The molecule has 2 heteroatoms. The van der Waals surface area contributed by atoms with Crippen molar-refractivity contribution in [3.8, 4) is 5.75 Å². The van der Waals surface area contributed by atoms with Crippen molar-refractivity contribution in [3.05, 3.63) is 29.1 Å². The summed E-state index contributed by atoms with van der Waals surface area (Å²) < 4.78 is 19.4. The lowest BCUT2D eigenvalue weighted by Crippen LogP contribution is -2.41. The van der Waals surface area contributed by atoms with E-state index < -0.39 is 0 Å². The highest BCUT2D eigenvalue weighted by Gasteiger charge is 2.53. The van der Waals surface area contributed by atoms with Gasteiger partial charge in [-0.2, -0.15) is 0 Å². The Balaban J connectivity index is 1.71. The van der Waals surface area contributed by atoms with Gasteiger partial charge in [0.2, 0.25) is 0 Å². The van der Waals surface area contributed by atoms with Crippen LogP contribution in [-0.4, -0.2) is 7.11 Å². The molecule has 22 heavy (non-hydrogen) atoms. The molecule has 2 fully saturated rings. The zero-order valence-electron chi connectivity index (χ0n) is 14.0. The van der Waals surface area contributed by atoms with Gasteiger partial charge in [-0.15, -0.1) is 0 Å². The third-order valence-electron chi connectivity index (χ3n) is 7.47. The fourth-order valence-electron chi connectivity index (χ4n) is 5.99. The number of rotatable bonds is 1. The first-order chi connectivity index (χ1) is 10.5. The number of methoxy groups -OCH3 is 1. The molecule has 5 atom stereocenters. The molecular formula is C20H27FO. The zero-order valence-corrected chi connectivity index (χ0v) is 14.0. The second-order valence-electron chi connectivity index (χ2n) is 8.12. The lowest BCUT2D eigenvalue weighted by Gasteiger charge is -2.50. The predicted octanol–water partition coefficient (Wildman–Crippen LogP) is 5.33. The van der Waals surface area contributed by atoms with E-state index in [4.69, 9.17) is 4.74 Å². The van der Waals surface area contributed by atoms with Crippen molar-refractivity contribution in [2.24, 2.45) is 23.2 Å². The number of hydrogen-bond donors (Lipinski definition) is 0. The van der Waals surface area contributed by atoms with E-state index in [0.717, 1.165) is 24.2 Å². The van der Waals surface area contributed by atoms with Crippen LogP contribution in [0.4, 0.5) is 4.39 Å². The fourth-order valence-corrected chi connectivity index (χ4v) is 5.99. The van der Waals surface area contributed by atoms with Crippen LogP contribution in [0.2, 0.25) is 0 Å². The molecule has 0 radical (unpaired) electrons. The molecule has 1 aromatic rings. The topological polar surface area (TPSA) is 9.23 Å². The molecule has 2 saturated carbocycles. The van der Waals surface area contributed by atoms with Crippen molar-refractivity contribution in [1.29, 1.82) is 0 Å². The van der Waals surface area contributed by atoms with Gasteiger partial charge in [0, 0.05) is 0 Å². The van der Waals surface area contributed by atoms with Crippen LogP contribution in [0.15, 0.2) is 12.1 Å². The molecule has 3 aliphatic rings. The quantitative estimate of drug-likeness (QED) is 0.681. The van der Waals surface area contributed by atoms with E-state index >= 15 is 0 Å². The standard InChI is InChI=1S/C20H27FO/c1-12-4-7-17-15-6-5-13-10-19(22-3)18(21)11-16(13)14(15)8-9-20(12,17)2/h10-12,14-15,17H,4-9H2,1-3H3. The fraction of sp³-hybridized carbons (Fsp3) is 0.700. The monoisotopic (exact) mass is 302 g/mol. The molecule has 0 aliphatic heterocycles. The van der Waals surface area contributed by atoms with Gasteiger partial charge in [-0.05, 0) is 90.9 Å². The van der Waals surface area contributed by atoms with Crippen molar-refractivity contribution < 1.29 is 9.13 Å². The van der Waals surface area contributed by atoms with Gasteiger partial charge < -0.3 is 4.74 Å². The summed E-state index contributed by atoms with van der Waals surface area (Å²) in [5.41, 5.74) is 3.15. The maximum absolute atomic E-state index is 14.2. The second-order valence-corrected chi connectivity index (χ2v) is 8.12. The van der Waals surface area contributed by atoms with Gasteiger partial charge in [0.1, 0.15) is 0 Å². The van der Waals surface area contributed by atoms with Crippen LogP contribution in [0.5, 0.6) is 5.75 Å². The summed E-state index contributed by atoms with van der Waals surface area (Å²) in [5.74, 6) is 3.27. The van der Waals surface area contributed by atoms with Gasteiger partial charge in [-0.25, -0.2) is 4.39 Å². The van der Waals surface area contributed by atoms with Gasteiger partial charge in [0.05, 0.1) is 7.11 Å². The lowest BCUT2D eigenvalue weighted by molar-refractivity contribution is 0.0335. The molecule has 0 N–H and O–H groups in total. The summed E-state index contributed by atoms with van der Waals surface area (Å²) in [6.07, 6.45) is 7.68. The average molecular weight is 302 g/mol.